The maximum atomic E-state index is 6.48. The zero-order valence-corrected chi connectivity index (χ0v) is 34.4. The highest BCUT2D eigenvalue weighted by molar-refractivity contribution is 6.14. The summed E-state index contributed by atoms with van der Waals surface area (Å²) in [7, 11) is 0. The molecule has 3 nitrogen and oxygen atoms in total. The first-order chi connectivity index (χ1) is 31.3. The van der Waals surface area contributed by atoms with E-state index in [1.807, 2.05) is 12.1 Å². The summed E-state index contributed by atoms with van der Waals surface area (Å²) < 4.78 is 8.90. The van der Waals surface area contributed by atoms with Crippen molar-refractivity contribution in [2.24, 2.45) is 0 Å². The molecule has 296 valence electrons. The van der Waals surface area contributed by atoms with Crippen molar-refractivity contribution in [1.29, 1.82) is 0 Å². The monoisotopic (exact) mass is 804 g/mol. The lowest BCUT2D eigenvalue weighted by Crippen LogP contribution is -2.10. The van der Waals surface area contributed by atoms with Gasteiger partial charge in [0.15, 0.2) is 0 Å². The minimum absolute atomic E-state index is 0.856. The van der Waals surface area contributed by atoms with Gasteiger partial charge in [0.05, 0.1) is 11.0 Å². The molecule has 0 aliphatic rings. The van der Waals surface area contributed by atoms with Crippen molar-refractivity contribution < 1.29 is 4.42 Å². The molecule has 12 rings (SSSR count). The van der Waals surface area contributed by atoms with E-state index in [9.17, 15) is 0 Å². The van der Waals surface area contributed by atoms with Gasteiger partial charge in [-0.05, 0) is 99.6 Å². The van der Waals surface area contributed by atoms with Crippen LogP contribution in [0, 0.1) is 0 Å². The molecule has 0 saturated carbocycles. The van der Waals surface area contributed by atoms with Crippen LogP contribution in [0.2, 0.25) is 0 Å². The fourth-order valence-electron chi connectivity index (χ4n) is 9.56. The third-order valence-corrected chi connectivity index (χ3v) is 12.4. The van der Waals surface area contributed by atoms with E-state index >= 15 is 0 Å². The third-order valence-electron chi connectivity index (χ3n) is 12.4. The van der Waals surface area contributed by atoms with Gasteiger partial charge in [-0.25, -0.2) is 0 Å². The van der Waals surface area contributed by atoms with E-state index in [1.165, 1.54) is 55.2 Å². The van der Waals surface area contributed by atoms with Gasteiger partial charge in [0, 0.05) is 55.9 Å². The fourth-order valence-corrected chi connectivity index (χ4v) is 9.56. The summed E-state index contributed by atoms with van der Waals surface area (Å²) in [5.41, 5.74) is 17.8. The molecule has 0 amide bonds. The van der Waals surface area contributed by atoms with Crippen LogP contribution < -0.4 is 4.90 Å². The number of rotatable bonds is 8. The van der Waals surface area contributed by atoms with Gasteiger partial charge in [-0.2, -0.15) is 0 Å². The summed E-state index contributed by atoms with van der Waals surface area (Å²) in [6, 6.07) is 87.1. The van der Waals surface area contributed by atoms with E-state index in [4.69, 9.17) is 4.42 Å². The molecule has 0 atom stereocenters. The SMILES string of the molecule is c1ccc(-c2ccccc2-c2ccccc2-c2ccc(N(c3cccc(-c4cccc5c6ccccc6n(-c6ccccc6)c45)c3)c3ccc4c(c3)oc3ccccc34)cc2)cc1. The van der Waals surface area contributed by atoms with Crippen molar-refractivity contribution in [3.05, 3.63) is 243 Å². The molecule has 0 saturated heterocycles. The van der Waals surface area contributed by atoms with Gasteiger partial charge in [-0.1, -0.05) is 176 Å². The zero-order valence-electron chi connectivity index (χ0n) is 34.4. The first kappa shape index (κ1) is 36.5. The van der Waals surface area contributed by atoms with Crippen LogP contribution in [0.25, 0.3) is 93.9 Å². The van der Waals surface area contributed by atoms with Crippen LogP contribution in [-0.2, 0) is 0 Å². The number of benzene rings is 10. The zero-order chi connectivity index (χ0) is 41.7. The Morgan fingerprint density at radius 3 is 1.59 bits per heavy atom. The fraction of sp³-hybridized carbons (Fsp3) is 0. The predicted molar refractivity (Wildman–Crippen MR) is 264 cm³/mol. The molecular formula is C60H40N2O. The molecule has 3 heteroatoms. The normalized spacial score (nSPS) is 11.5. The topological polar surface area (TPSA) is 21.3 Å². The smallest absolute Gasteiger partial charge is 0.137 e. The van der Waals surface area contributed by atoms with Crippen molar-refractivity contribution in [1.82, 2.24) is 4.57 Å². The lowest BCUT2D eigenvalue weighted by Gasteiger charge is -2.26. The third kappa shape index (κ3) is 6.29. The molecule has 0 spiro atoms. The first-order valence-electron chi connectivity index (χ1n) is 21.5. The molecule has 0 aliphatic heterocycles. The number of aromatic nitrogens is 1. The summed E-state index contributed by atoms with van der Waals surface area (Å²) in [6.45, 7) is 0. The summed E-state index contributed by atoms with van der Waals surface area (Å²) in [5.74, 6) is 0. The lowest BCUT2D eigenvalue weighted by atomic mass is 9.89. The van der Waals surface area contributed by atoms with Crippen LogP contribution in [0.1, 0.15) is 0 Å². The highest BCUT2D eigenvalue weighted by atomic mass is 16.3. The van der Waals surface area contributed by atoms with E-state index < -0.39 is 0 Å². The summed E-state index contributed by atoms with van der Waals surface area (Å²) in [5, 5.41) is 4.68. The Balaban J connectivity index is 1.01. The van der Waals surface area contributed by atoms with Crippen LogP contribution in [0.15, 0.2) is 247 Å². The Labute approximate surface area is 366 Å². The van der Waals surface area contributed by atoms with Crippen LogP contribution in [-0.4, -0.2) is 4.57 Å². The van der Waals surface area contributed by atoms with Gasteiger partial charge < -0.3 is 13.9 Å². The number of hydrogen-bond donors (Lipinski definition) is 0. The van der Waals surface area contributed by atoms with Crippen LogP contribution in [0.5, 0.6) is 0 Å². The van der Waals surface area contributed by atoms with Crippen molar-refractivity contribution >= 4 is 60.8 Å². The highest BCUT2D eigenvalue weighted by Gasteiger charge is 2.20. The van der Waals surface area contributed by atoms with E-state index in [1.54, 1.807) is 0 Å². The molecule has 2 heterocycles. The van der Waals surface area contributed by atoms with Gasteiger partial charge in [-0.3, -0.25) is 0 Å². The van der Waals surface area contributed by atoms with Crippen molar-refractivity contribution in [2.75, 3.05) is 4.90 Å². The largest absolute Gasteiger partial charge is 0.456 e. The van der Waals surface area contributed by atoms with E-state index in [0.717, 1.165) is 55.8 Å². The van der Waals surface area contributed by atoms with Gasteiger partial charge >= 0.3 is 0 Å². The molecule has 0 radical (unpaired) electrons. The number of furan rings is 1. The molecule has 0 aliphatic carbocycles. The number of hydrogen-bond acceptors (Lipinski definition) is 2. The minimum Gasteiger partial charge on any atom is -0.456 e. The second kappa shape index (κ2) is 15.3. The standard InChI is InChI=1S/C60H40N2O/c1-3-17-41(18-4-1)48-23-7-9-25-51(48)52-26-10-8-24-49(52)42-33-35-45(36-34-42)61(47-37-38-55-54-28-12-14-32-58(54)63-59(55)40-47)46-22-15-19-43(39-46)50-29-16-30-56-53-27-11-13-31-57(53)62(60(50)56)44-20-5-2-6-21-44/h1-40H. The number of para-hydroxylation sites is 4. The average molecular weight is 805 g/mol. The van der Waals surface area contributed by atoms with E-state index in [2.05, 4.69) is 240 Å². The number of fused-ring (bicyclic) bond motifs is 6. The molecule has 0 unspecified atom stereocenters. The highest BCUT2D eigenvalue weighted by Crippen LogP contribution is 2.44. The molecule has 2 aromatic heterocycles. The Morgan fingerprint density at radius 2 is 0.825 bits per heavy atom. The van der Waals surface area contributed by atoms with Crippen molar-refractivity contribution in [3.8, 4) is 50.2 Å². The second-order valence-electron chi connectivity index (χ2n) is 16.1. The number of nitrogens with zero attached hydrogens (tertiary/aromatic N) is 2. The lowest BCUT2D eigenvalue weighted by molar-refractivity contribution is 0.669. The maximum Gasteiger partial charge on any atom is 0.137 e. The molecule has 10 aromatic carbocycles. The quantitative estimate of drug-likeness (QED) is 0.153. The van der Waals surface area contributed by atoms with Gasteiger partial charge in [0.1, 0.15) is 11.2 Å². The van der Waals surface area contributed by atoms with Gasteiger partial charge in [-0.15, -0.1) is 0 Å². The minimum atomic E-state index is 0.856. The molecule has 0 N–H and O–H groups in total. The Bertz CT molecular complexity index is 3620. The van der Waals surface area contributed by atoms with E-state index in [-0.39, 0.29) is 0 Å². The molecular weight excluding hydrogens is 765 g/mol. The van der Waals surface area contributed by atoms with Crippen LogP contribution in [0.4, 0.5) is 17.1 Å². The van der Waals surface area contributed by atoms with Gasteiger partial charge in [0.2, 0.25) is 0 Å². The summed E-state index contributed by atoms with van der Waals surface area (Å²) in [4.78, 5) is 2.35. The predicted octanol–water partition coefficient (Wildman–Crippen LogP) is 16.8. The van der Waals surface area contributed by atoms with E-state index in [0.29, 0.717) is 0 Å². The average Bonchev–Trinajstić information content (AvgIpc) is 3.91. The molecule has 12 aromatic rings. The summed E-state index contributed by atoms with van der Waals surface area (Å²) >= 11 is 0. The van der Waals surface area contributed by atoms with Crippen LogP contribution >= 0.6 is 0 Å². The summed E-state index contributed by atoms with van der Waals surface area (Å²) in [6.07, 6.45) is 0. The van der Waals surface area contributed by atoms with Crippen molar-refractivity contribution in [3.63, 3.8) is 0 Å². The van der Waals surface area contributed by atoms with Crippen LogP contribution in [0.3, 0.4) is 0 Å². The second-order valence-corrected chi connectivity index (χ2v) is 16.1. The number of anilines is 3. The Kier molecular flexibility index (Phi) is 8.83. The van der Waals surface area contributed by atoms with Crippen molar-refractivity contribution in [2.45, 2.75) is 0 Å². The Morgan fingerprint density at radius 1 is 0.302 bits per heavy atom. The molecule has 63 heavy (non-hydrogen) atoms. The maximum absolute atomic E-state index is 6.48. The molecule has 0 fully saturated rings. The Hall–Kier alpha value is -8.40. The molecule has 0 bridgehead atoms. The van der Waals surface area contributed by atoms with Gasteiger partial charge in [0.25, 0.3) is 0 Å². The first-order valence-corrected chi connectivity index (χ1v) is 21.5.